The van der Waals surface area contributed by atoms with Crippen LogP contribution in [0.15, 0.2) is 42.5 Å². The molecule has 2 saturated heterocycles. The van der Waals surface area contributed by atoms with Crippen LogP contribution in [0.25, 0.3) is 0 Å². The van der Waals surface area contributed by atoms with E-state index < -0.39 is 35.7 Å². The minimum atomic E-state index is -1.37. The second-order valence-corrected chi connectivity index (χ2v) is 8.65. The molecule has 4 amide bonds. The standard InChI is InChI=1S/C23H24ClFN4O3/c1-23(15-5-8-17(25)9-6-15)21(31)29(22(32)27-23)14-20(30)26-18-13-16(24)7-10-19(18)28-11-3-2-4-12-28/h5-10,13H,2-4,11-12,14H2,1H3,(H,26,30)(H,27,32)/t23-/m1/s1. The number of benzene rings is 2. The number of nitrogens with one attached hydrogen (secondary N) is 2. The van der Waals surface area contributed by atoms with Crippen molar-refractivity contribution in [2.24, 2.45) is 0 Å². The third-order valence-corrected chi connectivity index (χ3v) is 6.16. The monoisotopic (exact) mass is 458 g/mol. The van der Waals surface area contributed by atoms with Crippen molar-refractivity contribution < 1.29 is 18.8 Å². The van der Waals surface area contributed by atoms with Gasteiger partial charge in [-0.2, -0.15) is 0 Å². The van der Waals surface area contributed by atoms with Crippen molar-refractivity contribution in [3.05, 3.63) is 58.9 Å². The smallest absolute Gasteiger partial charge is 0.325 e. The van der Waals surface area contributed by atoms with Crippen LogP contribution in [0.1, 0.15) is 31.7 Å². The molecule has 0 spiro atoms. The molecule has 0 bridgehead atoms. The van der Waals surface area contributed by atoms with Crippen molar-refractivity contribution in [3.63, 3.8) is 0 Å². The summed E-state index contributed by atoms with van der Waals surface area (Å²) < 4.78 is 13.3. The largest absolute Gasteiger partial charge is 0.370 e. The third kappa shape index (κ3) is 4.27. The van der Waals surface area contributed by atoms with Crippen molar-refractivity contribution >= 4 is 40.8 Å². The predicted octanol–water partition coefficient (Wildman–Crippen LogP) is 3.88. The average Bonchev–Trinajstić information content (AvgIpc) is 2.98. The molecule has 2 aromatic rings. The van der Waals surface area contributed by atoms with E-state index in [9.17, 15) is 18.8 Å². The number of carbonyl (C=O) groups excluding carboxylic acids is 3. The third-order valence-electron chi connectivity index (χ3n) is 5.93. The van der Waals surface area contributed by atoms with E-state index in [1.807, 2.05) is 6.07 Å². The summed E-state index contributed by atoms with van der Waals surface area (Å²) in [5.74, 6) is -1.54. The number of urea groups is 1. The Morgan fingerprint density at radius 1 is 1.12 bits per heavy atom. The number of hydrogen-bond donors (Lipinski definition) is 2. The molecule has 2 heterocycles. The van der Waals surface area contributed by atoms with Crippen molar-refractivity contribution in [2.75, 3.05) is 29.9 Å². The van der Waals surface area contributed by atoms with Gasteiger partial charge < -0.3 is 15.5 Å². The highest BCUT2D eigenvalue weighted by molar-refractivity contribution is 6.31. The van der Waals surface area contributed by atoms with E-state index in [-0.39, 0.29) is 0 Å². The fourth-order valence-corrected chi connectivity index (χ4v) is 4.34. The predicted molar refractivity (Wildman–Crippen MR) is 120 cm³/mol. The van der Waals surface area contributed by atoms with Crippen LogP contribution in [0.3, 0.4) is 0 Å². The van der Waals surface area contributed by atoms with E-state index >= 15 is 0 Å². The van der Waals surface area contributed by atoms with Gasteiger partial charge in [-0.25, -0.2) is 9.18 Å². The summed E-state index contributed by atoms with van der Waals surface area (Å²) in [5.41, 5.74) is 0.455. The lowest BCUT2D eigenvalue weighted by atomic mass is 9.92. The Morgan fingerprint density at radius 3 is 2.50 bits per heavy atom. The van der Waals surface area contributed by atoms with E-state index in [4.69, 9.17) is 11.6 Å². The summed E-state index contributed by atoms with van der Waals surface area (Å²) >= 11 is 6.15. The first kappa shape index (κ1) is 22.1. The second kappa shape index (κ2) is 8.78. The number of anilines is 2. The Labute approximate surface area is 190 Å². The number of halogens is 2. The van der Waals surface area contributed by atoms with Gasteiger partial charge in [0.1, 0.15) is 17.9 Å². The first-order chi connectivity index (χ1) is 15.3. The summed E-state index contributed by atoms with van der Waals surface area (Å²) in [7, 11) is 0. The molecule has 0 aliphatic carbocycles. The first-order valence-corrected chi connectivity index (χ1v) is 10.9. The molecule has 2 aromatic carbocycles. The highest BCUT2D eigenvalue weighted by Gasteiger charge is 2.49. The van der Waals surface area contributed by atoms with Crippen molar-refractivity contribution in [1.29, 1.82) is 0 Å². The average molecular weight is 459 g/mol. The molecule has 168 valence electrons. The number of amides is 4. The van der Waals surface area contributed by atoms with Gasteiger partial charge in [0.15, 0.2) is 0 Å². The van der Waals surface area contributed by atoms with E-state index in [1.54, 1.807) is 12.1 Å². The summed E-state index contributed by atoms with van der Waals surface area (Å²) in [6.45, 7) is 2.85. The van der Waals surface area contributed by atoms with Crippen LogP contribution in [0.2, 0.25) is 5.02 Å². The van der Waals surface area contributed by atoms with Crippen LogP contribution in [-0.4, -0.2) is 42.4 Å². The molecule has 0 radical (unpaired) electrons. The molecule has 0 saturated carbocycles. The van der Waals surface area contributed by atoms with E-state index in [0.717, 1.165) is 36.5 Å². The summed E-state index contributed by atoms with van der Waals surface area (Å²) in [5, 5.41) is 5.89. The molecule has 4 rings (SSSR count). The number of hydrogen-bond acceptors (Lipinski definition) is 4. The van der Waals surface area contributed by atoms with Gasteiger partial charge in [-0.05, 0) is 62.1 Å². The molecular weight excluding hydrogens is 435 g/mol. The van der Waals surface area contributed by atoms with Gasteiger partial charge in [-0.15, -0.1) is 0 Å². The van der Waals surface area contributed by atoms with Gasteiger partial charge in [0.05, 0.1) is 11.4 Å². The number of imide groups is 1. The fourth-order valence-electron chi connectivity index (χ4n) is 4.17. The highest BCUT2D eigenvalue weighted by Crippen LogP contribution is 2.32. The molecule has 1 atom stereocenters. The number of carbonyl (C=O) groups is 3. The molecule has 2 aliphatic rings. The number of piperidine rings is 1. The Hall–Kier alpha value is -3.13. The molecule has 7 nitrogen and oxygen atoms in total. The maximum atomic E-state index is 13.3. The molecule has 32 heavy (non-hydrogen) atoms. The van der Waals surface area contributed by atoms with E-state index in [2.05, 4.69) is 15.5 Å². The molecule has 0 unspecified atom stereocenters. The zero-order valence-corrected chi connectivity index (χ0v) is 18.4. The lowest BCUT2D eigenvalue weighted by Crippen LogP contribution is -2.42. The maximum Gasteiger partial charge on any atom is 0.325 e. The summed E-state index contributed by atoms with van der Waals surface area (Å²) in [4.78, 5) is 41.4. The highest BCUT2D eigenvalue weighted by atomic mass is 35.5. The summed E-state index contributed by atoms with van der Waals surface area (Å²) in [6, 6.07) is 9.93. The first-order valence-electron chi connectivity index (χ1n) is 10.5. The number of rotatable bonds is 5. The number of nitrogens with zero attached hydrogens (tertiary/aromatic N) is 2. The van der Waals surface area contributed by atoms with Crippen LogP contribution < -0.4 is 15.5 Å². The zero-order valence-electron chi connectivity index (χ0n) is 17.7. The molecule has 9 heteroatoms. The zero-order chi connectivity index (χ0) is 22.9. The lowest BCUT2D eigenvalue weighted by molar-refractivity contribution is -0.133. The minimum absolute atomic E-state index is 0.433. The Kier molecular flexibility index (Phi) is 6.06. The minimum Gasteiger partial charge on any atom is -0.370 e. The Bertz CT molecular complexity index is 1060. The van der Waals surface area contributed by atoms with Crippen molar-refractivity contribution in [2.45, 2.75) is 31.7 Å². The van der Waals surface area contributed by atoms with Crippen LogP contribution in [-0.2, 0) is 15.1 Å². The van der Waals surface area contributed by atoms with E-state index in [1.165, 1.54) is 37.6 Å². The lowest BCUT2D eigenvalue weighted by Gasteiger charge is -2.30. The SMILES string of the molecule is C[C@]1(c2ccc(F)cc2)NC(=O)N(CC(=O)Nc2cc(Cl)ccc2N2CCCCC2)C1=O. The van der Waals surface area contributed by atoms with Gasteiger partial charge >= 0.3 is 6.03 Å². The van der Waals surface area contributed by atoms with Crippen LogP contribution in [0.4, 0.5) is 20.6 Å². The van der Waals surface area contributed by atoms with Crippen LogP contribution in [0.5, 0.6) is 0 Å². The topological polar surface area (TPSA) is 81.8 Å². The van der Waals surface area contributed by atoms with E-state index in [0.29, 0.717) is 16.3 Å². The molecular formula is C23H24ClFN4O3. The normalized spacial score (nSPS) is 21.0. The van der Waals surface area contributed by atoms with Gasteiger partial charge in [-0.1, -0.05) is 23.7 Å². The molecule has 2 fully saturated rings. The Balaban J connectivity index is 1.50. The van der Waals surface area contributed by atoms with Crippen molar-refractivity contribution in [1.82, 2.24) is 10.2 Å². The van der Waals surface area contributed by atoms with Gasteiger partial charge in [0.2, 0.25) is 5.91 Å². The van der Waals surface area contributed by atoms with Crippen LogP contribution in [0, 0.1) is 5.82 Å². The van der Waals surface area contributed by atoms with Gasteiger partial charge in [0, 0.05) is 18.1 Å². The quantitative estimate of drug-likeness (QED) is 0.666. The fraction of sp³-hybridized carbons (Fsp3) is 0.348. The molecule has 2 aliphatic heterocycles. The maximum absolute atomic E-state index is 13.3. The molecule has 0 aromatic heterocycles. The molecule has 2 N–H and O–H groups in total. The van der Waals surface area contributed by atoms with Crippen LogP contribution >= 0.6 is 11.6 Å². The van der Waals surface area contributed by atoms with Gasteiger partial charge in [0.25, 0.3) is 5.91 Å². The summed E-state index contributed by atoms with van der Waals surface area (Å²) in [6.07, 6.45) is 3.31. The van der Waals surface area contributed by atoms with Gasteiger partial charge in [-0.3, -0.25) is 14.5 Å². The second-order valence-electron chi connectivity index (χ2n) is 8.21. The van der Waals surface area contributed by atoms with Crippen molar-refractivity contribution in [3.8, 4) is 0 Å². The Morgan fingerprint density at radius 2 is 1.81 bits per heavy atom.